The number of carbonyl (C=O) groups is 1. The molecule has 2 rings (SSSR count). The van der Waals surface area contributed by atoms with Crippen LogP contribution < -0.4 is 5.56 Å². The minimum Gasteiger partial charge on any atom is -0.478 e. The second-order valence-corrected chi connectivity index (χ2v) is 4.25. The quantitative estimate of drug-likeness (QED) is 0.902. The molecule has 0 fully saturated rings. The summed E-state index contributed by atoms with van der Waals surface area (Å²) in [6, 6.07) is 6.71. The Morgan fingerprint density at radius 1 is 1.26 bits per heavy atom. The maximum Gasteiger partial charge on any atom is 0.337 e. The molecule has 0 aliphatic carbocycles. The van der Waals surface area contributed by atoms with E-state index in [9.17, 15) is 19.1 Å². The van der Waals surface area contributed by atoms with Crippen molar-refractivity contribution in [3.63, 3.8) is 0 Å². The number of carboxylic acids is 1. The fourth-order valence-electron chi connectivity index (χ4n) is 2.14. The summed E-state index contributed by atoms with van der Waals surface area (Å²) >= 11 is 0. The van der Waals surface area contributed by atoms with E-state index in [1.54, 1.807) is 13.0 Å². The van der Waals surface area contributed by atoms with Crippen LogP contribution in [-0.4, -0.2) is 15.6 Å². The highest BCUT2D eigenvalue weighted by molar-refractivity contribution is 5.90. The summed E-state index contributed by atoms with van der Waals surface area (Å²) < 4.78 is 14.4. The summed E-state index contributed by atoms with van der Waals surface area (Å²) in [4.78, 5) is 23.2. The van der Waals surface area contributed by atoms with E-state index in [1.807, 2.05) is 0 Å². The fourth-order valence-corrected chi connectivity index (χ4v) is 2.14. The van der Waals surface area contributed by atoms with Crippen LogP contribution in [0.5, 0.6) is 0 Å². The topological polar surface area (TPSA) is 59.3 Å². The lowest BCUT2D eigenvalue weighted by atomic mass is 10.1. The molecule has 0 atom stereocenters. The van der Waals surface area contributed by atoms with Crippen LogP contribution >= 0.6 is 0 Å². The molecule has 4 nitrogen and oxygen atoms in total. The standard InChI is InChI=1S/C14H12FNO3/c1-8-6-12(17)16(9(2)13(8)14(18)19)11-5-3-4-10(15)7-11/h3-7H,1-2H3,(H,18,19). The monoisotopic (exact) mass is 261 g/mol. The minimum absolute atomic E-state index is 0.0591. The number of hydrogen-bond donors (Lipinski definition) is 1. The van der Waals surface area contributed by atoms with Crippen LogP contribution in [0, 0.1) is 19.7 Å². The molecular weight excluding hydrogens is 249 g/mol. The van der Waals surface area contributed by atoms with Gasteiger partial charge in [0.2, 0.25) is 0 Å². The lowest BCUT2D eigenvalue weighted by molar-refractivity contribution is 0.0694. The lowest BCUT2D eigenvalue weighted by Crippen LogP contribution is -2.24. The highest BCUT2D eigenvalue weighted by atomic mass is 19.1. The van der Waals surface area contributed by atoms with Crippen molar-refractivity contribution in [2.24, 2.45) is 0 Å². The molecule has 1 aromatic carbocycles. The Kier molecular flexibility index (Phi) is 3.21. The zero-order chi connectivity index (χ0) is 14.2. The number of aromatic nitrogens is 1. The molecule has 0 unspecified atom stereocenters. The van der Waals surface area contributed by atoms with Crippen LogP contribution in [0.3, 0.4) is 0 Å². The Hall–Kier alpha value is -2.43. The van der Waals surface area contributed by atoms with Crippen molar-refractivity contribution in [3.8, 4) is 5.69 Å². The first-order chi connectivity index (χ1) is 8.91. The van der Waals surface area contributed by atoms with Gasteiger partial charge >= 0.3 is 5.97 Å². The van der Waals surface area contributed by atoms with E-state index in [0.717, 1.165) is 0 Å². The molecular formula is C14H12FNO3. The second kappa shape index (κ2) is 4.68. The normalized spacial score (nSPS) is 10.5. The molecule has 0 saturated heterocycles. The summed E-state index contributed by atoms with van der Waals surface area (Å²) in [5.74, 6) is -1.60. The van der Waals surface area contributed by atoms with Crippen molar-refractivity contribution >= 4 is 5.97 Å². The first-order valence-electron chi connectivity index (χ1n) is 5.64. The van der Waals surface area contributed by atoms with Crippen LogP contribution in [0.1, 0.15) is 21.6 Å². The van der Waals surface area contributed by atoms with Gasteiger partial charge in [-0.1, -0.05) is 6.07 Å². The van der Waals surface area contributed by atoms with Gasteiger partial charge in [-0.3, -0.25) is 9.36 Å². The maximum absolute atomic E-state index is 13.2. The average molecular weight is 261 g/mol. The molecule has 2 aromatic rings. The van der Waals surface area contributed by atoms with Crippen LogP contribution in [0.25, 0.3) is 5.69 Å². The number of halogens is 1. The molecule has 0 amide bonds. The molecule has 0 saturated carbocycles. The van der Waals surface area contributed by atoms with E-state index in [1.165, 1.54) is 35.8 Å². The summed E-state index contributed by atoms with van der Waals surface area (Å²) in [6.07, 6.45) is 0. The van der Waals surface area contributed by atoms with Crippen molar-refractivity contribution < 1.29 is 14.3 Å². The average Bonchev–Trinajstić information content (AvgIpc) is 2.27. The highest BCUT2D eigenvalue weighted by Gasteiger charge is 2.16. The smallest absolute Gasteiger partial charge is 0.337 e. The lowest BCUT2D eigenvalue weighted by Gasteiger charge is -2.14. The molecule has 0 radical (unpaired) electrons. The molecule has 1 heterocycles. The predicted octanol–water partition coefficient (Wildman–Crippen LogP) is 2.29. The largest absolute Gasteiger partial charge is 0.478 e. The number of benzene rings is 1. The molecule has 0 spiro atoms. The van der Waals surface area contributed by atoms with Crippen molar-refractivity contribution in [3.05, 3.63) is 63.3 Å². The van der Waals surface area contributed by atoms with Crippen molar-refractivity contribution in [1.82, 2.24) is 4.57 Å². The van der Waals surface area contributed by atoms with Crippen molar-refractivity contribution in [2.75, 3.05) is 0 Å². The molecule has 98 valence electrons. The SMILES string of the molecule is Cc1cc(=O)n(-c2cccc(F)c2)c(C)c1C(=O)O. The van der Waals surface area contributed by atoms with Gasteiger partial charge in [-0.05, 0) is 37.6 Å². The molecule has 0 bridgehead atoms. The Labute approximate surface area is 108 Å². The third-order valence-corrected chi connectivity index (χ3v) is 2.93. The van der Waals surface area contributed by atoms with Gasteiger partial charge in [-0.15, -0.1) is 0 Å². The first-order valence-corrected chi connectivity index (χ1v) is 5.64. The van der Waals surface area contributed by atoms with Gasteiger partial charge < -0.3 is 5.11 Å². The number of rotatable bonds is 2. The van der Waals surface area contributed by atoms with Gasteiger partial charge in [-0.2, -0.15) is 0 Å². The van der Waals surface area contributed by atoms with Gasteiger partial charge in [0.25, 0.3) is 5.56 Å². The number of aromatic carboxylic acids is 1. The number of hydrogen-bond acceptors (Lipinski definition) is 2. The summed E-state index contributed by atoms with van der Waals surface area (Å²) in [7, 11) is 0. The van der Waals surface area contributed by atoms with E-state index in [2.05, 4.69) is 0 Å². The van der Waals surface area contributed by atoms with Gasteiger partial charge in [-0.25, -0.2) is 9.18 Å². The summed E-state index contributed by atoms with van der Waals surface area (Å²) in [5, 5.41) is 9.17. The van der Waals surface area contributed by atoms with Crippen LogP contribution in [-0.2, 0) is 0 Å². The Balaban J connectivity index is 2.81. The van der Waals surface area contributed by atoms with Gasteiger partial charge in [0.1, 0.15) is 5.82 Å². The van der Waals surface area contributed by atoms with E-state index in [4.69, 9.17) is 0 Å². The predicted molar refractivity (Wildman–Crippen MR) is 68.4 cm³/mol. The Bertz CT molecular complexity index is 719. The van der Waals surface area contributed by atoms with Crippen LogP contribution in [0.15, 0.2) is 35.1 Å². The fraction of sp³-hybridized carbons (Fsp3) is 0.143. The number of carboxylic acid groups (broad SMARTS) is 1. The van der Waals surface area contributed by atoms with Gasteiger partial charge in [0.15, 0.2) is 0 Å². The molecule has 1 aromatic heterocycles. The number of nitrogens with zero attached hydrogens (tertiary/aromatic N) is 1. The van der Waals surface area contributed by atoms with Gasteiger partial charge in [0.05, 0.1) is 11.3 Å². The first kappa shape index (κ1) is 13.0. The Morgan fingerprint density at radius 2 is 1.95 bits per heavy atom. The van der Waals surface area contributed by atoms with Gasteiger partial charge in [0, 0.05) is 11.8 Å². The number of pyridine rings is 1. The highest BCUT2D eigenvalue weighted by Crippen LogP contribution is 2.16. The second-order valence-electron chi connectivity index (χ2n) is 4.25. The zero-order valence-electron chi connectivity index (χ0n) is 10.5. The molecule has 5 heteroatoms. The minimum atomic E-state index is -1.11. The molecule has 19 heavy (non-hydrogen) atoms. The van der Waals surface area contributed by atoms with E-state index in [0.29, 0.717) is 11.3 Å². The van der Waals surface area contributed by atoms with E-state index in [-0.39, 0.29) is 16.8 Å². The van der Waals surface area contributed by atoms with Crippen LogP contribution in [0.4, 0.5) is 4.39 Å². The van der Waals surface area contributed by atoms with Crippen molar-refractivity contribution in [1.29, 1.82) is 0 Å². The molecule has 1 N–H and O–H groups in total. The third-order valence-electron chi connectivity index (χ3n) is 2.93. The van der Waals surface area contributed by atoms with E-state index >= 15 is 0 Å². The summed E-state index contributed by atoms with van der Waals surface area (Å²) in [6.45, 7) is 3.09. The third kappa shape index (κ3) is 2.27. The number of aryl methyl sites for hydroxylation is 1. The summed E-state index contributed by atoms with van der Waals surface area (Å²) in [5.41, 5.74) is 0.658. The Morgan fingerprint density at radius 3 is 2.53 bits per heavy atom. The van der Waals surface area contributed by atoms with Crippen LogP contribution in [0.2, 0.25) is 0 Å². The van der Waals surface area contributed by atoms with E-state index < -0.39 is 11.8 Å². The molecule has 0 aliphatic rings. The zero-order valence-corrected chi connectivity index (χ0v) is 10.5. The molecule has 0 aliphatic heterocycles. The maximum atomic E-state index is 13.2. The van der Waals surface area contributed by atoms with Crippen molar-refractivity contribution in [2.45, 2.75) is 13.8 Å².